The highest BCUT2D eigenvalue weighted by Crippen LogP contribution is 2.15. The van der Waals surface area contributed by atoms with Crippen LogP contribution in [0.5, 0.6) is 0 Å². The number of methoxy groups -OCH3 is 1. The first kappa shape index (κ1) is 12.9. The van der Waals surface area contributed by atoms with E-state index in [4.69, 9.17) is 14.6 Å². The third-order valence-electron chi connectivity index (χ3n) is 2.95. The zero-order valence-electron chi connectivity index (χ0n) is 9.65. The number of likely N-dealkylation sites (tertiary alicyclic amines) is 1. The van der Waals surface area contributed by atoms with Crippen molar-refractivity contribution in [2.24, 2.45) is 5.92 Å². The molecular weight excluding hydrogens is 194 g/mol. The number of ether oxygens (including phenoxy) is 2. The van der Waals surface area contributed by atoms with Crippen LogP contribution in [0.15, 0.2) is 0 Å². The molecule has 0 aromatic carbocycles. The van der Waals surface area contributed by atoms with Gasteiger partial charge in [-0.15, -0.1) is 0 Å². The second-order valence-electron chi connectivity index (χ2n) is 4.07. The van der Waals surface area contributed by atoms with E-state index in [2.05, 4.69) is 4.90 Å². The number of piperidine rings is 1. The van der Waals surface area contributed by atoms with Gasteiger partial charge in [0.2, 0.25) is 0 Å². The van der Waals surface area contributed by atoms with Crippen molar-refractivity contribution in [3.8, 4) is 0 Å². The van der Waals surface area contributed by atoms with E-state index < -0.39 is 0 Å². The molecule has 0 radical (unpaired) electrons. The van der Waals surface area contributed by atoms with Crippen molar-refractivity contribution in [2.75, 3.05) is 53.2 Å². The molecule has 15 heavy (non-hydrogen) atoms. The Morgan fingerprint density at radius 1 is 1.20 bits per heavy atom. The van der Waals surface area contributed by atoms with Crippen molar-refractivity contribution in [1.82, 2.24) is 4.90 Å². The predicted octanol–water partition coefficient (Wildman–Crippen LogP) is 0.354. The summed E-state index contributed by atoms with van der Waals surface area (Å²) < 4.78 is 10.3. The monoisotopic (exact) mass is 217 g/mol. The maximum Gasteiger partial charge on any atom is 0.0700 e. The first-order chi connectivity index (χ1) is 7.36. The van der Waals surface area contributed by atoms with Crippen molar-refractivity contribution in [3.05, 3.63) is 0 Å². The van der Waals surface area contributed by atoms with Crippen molar-refractivity contribution in [2.45, 2.75) is 12.8 Å². The van der Waals surface area contributed by atoms with Crippen molar-refractivity contribution in [1.29, 1.82) is 0 Å². The molecule has 1 saturated heterocycles. The number of aliphatic hydroxyl groups is 1. The molecule has 0 amide bonds. The van der Waals surface area contributed by atoms with E-state index in [-0.39, 0.29) is 0 Å². The summed E-state index contributed by atoms with van der Waals surface area (Å²) in [5.41, 5.74) is 0. The van der Waals surface area contributed by atoms with E-state index in [0.717, 1.165) is 39.1 Å². The maximum atomic E-state index is 8.99. The largest absolute Gasteiger partial charge is 0.396 e. The number of hydrogen-bond acceptors (Lipinski definition) is 4. The molecule has 90 valence electrons. The Morgan fingerprint density at radius 3 is 2.53 bits per heavy atom. The fraction of sp³-hybridized carbons (Fsp3) is 1.00. The second-order valence-corrected chi connectivity index (χ2v) is 4.07. The lowest BCUT2D eigenvalue weighted by atomic mass is 9.98. The average molecular weight is 217 g/mol. The van der Waals surface area contributed by atoms with E-state index in [0.29, 0.717) is 25.7 Å². The van der Waals surface area contributed by atoms with Gasteiger partial charge < -0.3 is 19.5 Å². The molecule has 1 rings (SSSR count). The van der Waals surface area contributed by atoms with Crippen LogP contribution in [0.1, 0.15) is 12.8 Å². The topological polar surface area (TPSA) is 41.9 Å². The van der Waals surface area contributed by atoms with E-state index in [1.165, 1.54) is 0 Å². The minimum Gasteiger partial charge on any atom is -0.396 e. The fourth-order valence-corrected chi connectivity index (χ4v) is 1.83. The Kier molecular flexibility index (Phi) is 6.92. The molecule has 0 aliphatic carbocycles. The van der Waals surface area contributed by atoms with E-state index in [1.807, 2.05) is 0 Å². The summed E-state index contributed by atoms with van der Waals surface area (Å²) in [6.45, 7) is 5.68. The zero-order chi connectivity index (χ0) is 10.9. The molecule has 4 nitrogen and oxygen atoms in total. The average Bonchev–Trinajstić information content (AvgIpc) is 2.30. The van der Waals surface area contributed by atoms with E-state index in [1.54, 1.807) is 7.11 Å². The molecule has 1 heterocycles. The Morgan fingerprint density at radius 2 is 1.93 bits per heavy atom. The molecule has 0 aromatic rings. The standard InChI is InChI=1S/C11H23NO3/c1-14-8-9-15-7-6-12-4-2-11(10-13)3-5-12/h11,13H,2-10H2,1H3. The van der Waals surface area contributed by atoms with Crippen LogP contribution in [-0.2, 0) is 9.47 Å². The minimum absolute atomic E-state index is 0.345. The van der Waals surface area contributed by atoms with Crippen LogP contribution in [0.3, 0.4) is 0 Å². The number of hydrogen-bond donors (Lipinski definition) is 1. The van der Waals surface area contributed by atoms with Gasteiger partial charge in [0.05, 0.1) is 19.8 Å². The van der Waals surface area contributed by atoms with Crippen LogP contribution < -0.4 is 0 Å². The molecule has 0 bridgehead atoms. The quantitative estimate of drug-likeness (QED) is 0.625. The molecule has 0 atom stereocenters. The molecule has 0 unspecified atom stereocenters. The third-order valence-corrected chi connectivity index (χ3v) is 2.95. The predicted molar refractivity (Wildman–Crippen MR) is 58.9 cm³/mol. The normalized spacial score (nSPS) is 19.6. The third kappa shape index (κ3) is 5.47. The van der Waals surface area contributed by atoms with Gasteiger partial charge in [-0.05, 0) is 31.8 Å². The lowest BCUT2D eigenvalue weighted by Gasteiger charge is -2.30. The van der Waals surface area contributed by atoms with Crippen LogP contribution in [0, 0.1) is 5.92 Å². The number of rotatable bonds is 7. The lowest BCUT2D eigenvalue weighted by molar-refractivity contribution is 0.0478. The van der Waals surface area contributed by atoms with Crippen molar-refractivity contribution in [3.63, 3.8) is 0 Å². The van der Waals surface area contributed by atoms with Gasteiger partial charge in [-0.1, -0.05) is 0 Å². The van der Waals surface area contributed by atoms with Crippen LogP contribution >= 0.6 is 0 Å². The van der Waals surface area contributed by atoms with Crippen LogP contribution in [0.2, 0.25) is 0 Å². The summed E-state index contributed by atoms with van der Waals surface area (Å²) in [7, 11) is 1.68. The molecule has 1 aliphatic rings. The number of nitrogens with zero attached hydrogens (tertiary/aromatic N) is 1. The minimum atomic E-state index is 0.345. The van der Waals surface area contributed by atoms with Gasteiger partial charge in [-0.2, -0.15) is 0 Å². The molecule has 1 aliphatic heterocycles. The molecular formula is C11H23NO3. The highest BCUT2D eigenvalue weighted by Gasteiger charge is 2.17. The van der Waals surface area contributed by atoms with Gasteiger partial charge in [0.15, 0.2) is 0 Å². The van der Waals surface area contributed by atoms with Gasteiger partial charge in [0.1, 0.15) is 0 Å². The SMILES string of the molecule is COCCOCCN1CCC(CO)CC1. The van der Waals surface area contributed by atoms with Gasteiger partial charge in [0.25, 0.3) is 0 Å². The van der Waals surface area contributed by atoms with Gasteiger partial charge in [-0.25, -0.2) is 0 Å². The highest BCUT2D eigenvalue weighted by atomic mass is 16.5. The fourth-order valence-electron chi connectivity index (χ4n) is 1.83. The Bertz CT molecular complexity index is 147. The smallest absolute Gasteiger partial charge is 0.0700 e. The summed E-state index contributed by atoms with van der Waals surface area (Å²) in [5, 5.41) is 8.99. The summed E-state index contributed by atoms with van der Waals surface area (Å²) >= 11 is 0. The highest BCUT2D eigenvalue weighted by molar-refractivity contribution is 4.71. The van der Waals surface area contributed by atoms with Crippen molar-refractivity contribution < 1.29 is 14.6 Å². The summed E-state index contributed by atoms with van der Waals surface area (Å²) in [6.07, 6.45) is 2.24. The summed E-state index contributed by atoms with van der Waals surface area (Å²) in [5.74, 6) is 0.524. The van der Waals surface area contributed by atoms with E-state index >= 15 is 0 Å². The van der Waals surface area contributed by atoms with Crippen molar-refractivity contribution >= 4 is 0 Å². The van der Waals surface area contributed by atoms with E-state index in [9.17, 15) is 0 Å². The first-order valence-electron chi connectivity index (χ1n) is 5.76. The van der Waals surface area contributed by atoms with Crippen LogP contribution in [-0.4, -0.2) is 63.2 Å². The zero-order valence-corrected chi connectivity index (χ0v) is 9.65. The van der Waals surface area contributed by atoms with Gasteiger partial charge >= 0.3 is 0 Å². The van der Waals surface area contributed by atoms with Gasteiger partial charge in [0, 0.05) is 20.3 Å². The first-order valence-corrected chi connectivity index (χ1v) is 5.76. The molecule has 0 aromatic heterocycles. The summed E-state index contributed by atoms with van der Waals surface area (Å²) in [6, 6.07) is 0. The Hall–Kier alpha value is -0.160. The van der Waals surface area contributed by atoms with Crippen LogP contribution in [0.25, 0.3) is 0 Å². The Labute approximate surface area is 92.2 Å². The maximum absolute atomic E-state index is 8.99. The molecule has 1 fully saturated rings. The number of aliphatic hydroxyl groups excluding tert-OH is 1. The summed E-state index contributed by atoms with van der Waals surface area (Å²) in [4.78, 5) is 2.40. The second kappa shape index (κ2) is 8.05. The molecule has 0 saturated carbocycles. The van der Waals surface area contributed by atoms with Gasteiger partial charge in [-0.3, -0.25) is 0 Å². The molecule has 4 heteroatoms. The molecule has 1 N–H and O–H groups in total. The van der Waals surface area contributed by atoms with Crippen LogP contribution in [0.4, 0.5) is 0 Å². The Balaban J connectivity index is 1.94. The molecule has 0 spiro atoms. The lowest BCUT2D eigenvalue weighted by Crippen LogP contribution is -2.37.